The Kier molecular flexibility index (Phi) is 6.59. The van der Waals surface area contributed by atoms with Crippen molar-refractivity contribution in [2.24, 2.45) is 11.0 Å². The van der Waals surface area contributed by atoms with Crippen molar-refractivity contribution in [3.8, 4) is 17.2 Å². The third-order valence-electron chi connectivity index (χ3n) is 6.50. The van der Waals surface area contributed by atoms with Crippen LogP contribution in [0.5, 0.6) is 17.2 Å². The average Bonchev–Trinajstić information content (AvgIpc) is 3.46. The van der Waals surface area contributed by atoms with E-state index < -0.39 is 0 Å². The number of hydrogen-bond donors (Lipinski definition) is 0. The van der Waals surface area contributed by atoms with Gasteiger partial charge in [-0.2, -0.15) is 5.10 Å². The molecule has 2 aliphatic heterocycles. The molecule has 184 valence electrons. The van der Waals surface area contributed by atoms with Crippen LogP contribution in [0.3, 0.4) is 0 Å². The molecule has 2 amide bonds. The molecule has 0 spiro atoms. The predicted octanol–water partition coefficient (Wildman–Crippen LogP) is 2.99. The van der Waals surface area contributed by atoms with Crippen LogP contribution >= 0.6 is 0 Å². The normalized spacial score (nSPS) is 18.4. The van der Waals surface area contributed by atoms with E-state index in [9.17, 15) is 9.59 Å². The Bertz CT molecular complexity index is 1130. The Morgan fingerprint density at radius 2 is 1.86 bits per heavy atom. The van der Waals surface area contributed by atoms with Gasteiger partial charge in [-0.25, -0.2) is 5.01 Å². The van der Waals surface area contributed by atoms with E-state index >= 15 is 0 Å². The molecule has 35 heavy (non-hydrogen) atoms. The van der Waals surface area contributed by atoms with E-state index in [1.807, 2.05) is 42.5 Å². The van der Waals surface area contributed by atoms with Gasteiger partial charge in [0.1, 0.15) is 12.3 Å². The lowest BCUT2D eigenvalue weighted by Gasteiger charge is -2.27. The van der Waals surface area contributed by atoms with E-state index in [1.54, 1.807) is 19.1 Å². The summed E-state index contributed by atoms with van der Waals surface area (Å²) in [5.41, 5.74) is 2.60. The van der Waals surface area contributed by atoms with Crippen LogP contribution < -0.4 is 14.2 Å². The number of nitrogens with zero attached hydrogens (tertiary/aromatic N) is 3. The molecule has 0 bridgehead atoms. The lowest BCUT2D eigenvalue weighted by atomic mass is 9.98. The Labute approximate surface area is 204 Å². The number of carbonyl (C=O) groups is 2. The van der Waals surface area contributed by atoms with Crippen molar-refractivity contribution < 1.29 is 28.5 Å². The highest BCUT2D eigenvalue weighted by atomic mass is 16.7. The van der Waals surface area contributed by atoms with E-state index in [0.717, 1.165) is 35.4 Å². The van der Waals surface area contributed by atoms with Gasteiger partial charge in [-0.15, -0.1) is 0 Å². The number of rotatable bonds is 9. The van der Waals surface area contributed by atoms with Gasteiger partial charge in [0.05, 0.1) is 25.5 Å². The van der Waals surface area contributed by atoms with E-state index in [-0.39, 0.29) is 37.1 Å². The Morgan fingerprint density at radius 3 is 2.57 bits per heavy atom. The van der Waals surface area contributed by atoms with Crippen LogP contribution in [0, 0.1) is 5.92 Å². The summed E-state index contributed by atoms with van der Waals surface area (Å²) in [6.45, 7) is 0.878. The minimum absolute atomic E-state index is 0.00795. The minimum Gasteiger partial charge on any atom is -0.497 e. The first-order chi connectivity index (χ1) is 17.1. The summed E-state index contributed by atoms with van der Waals surface area (Å²) < 4.78 is 21.5. The molecule has 2 aromatic rings. The number of fused-ring (bicyclic) bond motifs is 1. The van der Waals surface area contributed by atoms with Crippen molar-refractivity contribution in [2.75, 3.05) is 40.7 Å². The second-order valence-electron chi connectivity index (χ2n) is 8.87. The second-order valence-corrected chi connectivity index (χ2v) is 8.87. The first kappa shape index (κ1) is 23.2. The number of methoxy groups -OCH3 is 2. The summed E-state index contributed by atoms with van der Waals surface area (Å²) in [6.07, 6.45) is 2.28. The minimum atomic E-state index is -0.325. The van der Waals surface area contributed by atoms with Gasteiger partial charge in [0.25, 0.3) is 5.91 Å². The molecule has 9 heteroatoms. The Morgan fingerprint density at radius 1 is 1.09 bits per heavy atom. The van der Waals surface area contributed by atoms with Gasteiger partial charge in [0.2, 0.25) is 12.7 Å². The molecular weight excluding hydrogens is 450 g/mol. The largest absolute Gasteiger partial charge is 0.497 e. The molecule has 2 heterocycles. The fraction of sp³-hybridized carbons (Fsp3) is 0.423. The summed E-state index contributed by atoms with van der Waals surface area (Å²) in [5.74, 6) is 1.87. The number of ether oxygens (including phenoxy) is 4. The Hall–Kier alpha value is -3.59. The summed E-state index contributed by atoms with van der Waals surface area (Å²) >= 11 is 0. The molecule has 9 nitrogen and oxygen atoms in total. The van der Waals surface area contributed by atoms with Crippen LogP contribution in [0.1, 0.15) is 36.4 Å². The van der Waals surface area contributed by atoms with Crippen molar-refractivity contribution in [1.82, 2.24) is 9.91 Å². The van der Waals surface area contributed by atoms with Crippen molar-refractivity contribution >= 4 is 17.5 Å². The molecule has 1 saturated carbocycles. The maximum atomic E-state index is 13.6. The molecule has 0 radical (unpaired) electrons. The molecule has 0 unspecified atom stereocenters. The highest BCUT2D eigenvalue weighted by Gasteiger charge is 2.38. The van der Waals surface area contributed by atoms with Crippen LogP contribution in [0.4, 0.5) is 0 Å². The molecule has 5 rings (SSSR count). The fourth-order valence-electron chi connectivity index (χ4n) is 4.37. The van der Waals surface area contributed by atoms with Crippen LogP contribution in [-0.2, 0) is 14.3 Å². The molecule has 0 N–H and O–H groups in total. The van der Waals surface area contributed by atoms with Gasteiger partial charge < -0.3 is 23.8 Å². The maximum absolute atomic E-state index is 13.6. The van der Waals surface area contributed by atoms with Gasteiger partial charge in [-0.3, -0.25) is 9.59 Å². The SMILES string of the molecule is COCCN(CC(=O)N1N=C(c2ccc(OC)cc2)C[C@@H]1c1ccc2c(c1)OCO2)C(=O)C1CC1. The smallest absolute Gasteiger partial charge is 0.262 e. The number of amides is 2. The highest BCUT2D eigenvalue weighted by Crippen LogP contribution is 2.39. The van der Waals surface area contributed by atoms with Crippen LogP contribution in [0.25, 0.3) is 0 Å². The number of hydrazone groups is 1. The zero-order valence-electron chi connectivity index (χ0n) is 19.9. The zero-order valence-corrected chi connectivity index (χ0v) is 19.9. The van der Waals surface area contributed by atoms with Gasteiger partial charge >= 0.3 is 0 Å². The lowest BCUT2D eigenvalue weighted by Crippen LogP contribution is -2.43. The average molecular weight is 480 g/mol. The number of carbonyl (C=O) groups excluding carboxylic acids is 2. The monoisotopic (exact) mass is 479 g/mol. The first-order valence-electron chi connectivity index (χ1n) is 11.8. The second kappa shape index (κ2) is 9.95. The van der Waals surface area contributed by atoms with Gasteiger partial charge in [-0.05, 0) is 60.4 Å². The van der Waals surface area contributed by atoms with Crippen LogP contribution in [0.15, 0.2) is 47.6 Å². The third kappa shape index (κ3) is 4.95. The summed E-state index contributed by atoms with van der Waals surface area (Å²) in [7, 11) is 3.21. The maximum Gasteiger partial charge on any atom is 0.262 e. The van der Waals surface area contributed by atoms with Crippen LogP contribution in [-0.4, -0.2) is 68.1 Å². The van der Waals surface area contributed by atoms with Crippen molar-refractivity contribution in [2.45, 2.75) is 25.3 Å². The standard InChI is InChI=1S/C26H29N3O6/c1-32-12-11-28(26(31)18-3-4-18)15-25(30)29-22(19-7-10-23-24(13-19)35-16-34-23)14-21(27-29)17-5-8-20(33-2)9-6-17/h5-10,13,18,22H,3-4,11-12,14-16H2,1-2H3/t22-/m1/s1. The molecule has 0 saturated heterocycles. The highest BCUT2D eigenvalue weighted by molar-refractivity contribution is 6.03. The topological polar surface area (TPSA) is 89.9 Å². The third-order valence-corrected chi connectivity index (χ3v) is 6.50. The van der Waals surface area contributed by atoms with Gasteiger partial charge in [-0.1, -0.05) is 6.07 Å². The summed E-state index contributed by atoms with van der Waals surface area (Å²) in [4.78, 5) is 28.0. The van der Waals surface area contributed by atoms with Crippen molar-refractivity contribution in [1.29, 1.82) is 0 Å². The molecule has 1 aliphatic carbocycles. The zero-order chi connectivity index (χ0) is 24.4. The Balaban J connectivity index is 1.42. The number of benzene rings is 2. The molecule has 1 atom stereocenters. The quantitative estimate of drug-likeness (QED) is 0.549. The molecular formula is C26H29N3O6. The van der Waals surface area contributed by atoms with Gasteiger partial charge in [0, 0.05) is 26.0 Å². The first-order valence-corrected chi connectivity index (χ1v) is 11.8. The van der Waals surface area contributed by atoms with E-state index in [0.29, 0.717) is 31.1 Å². The van der Waals surface area contributed by atoms with Crippen molar-refractivity contribution in [3.63, 3.8) is 0 Å². The molecule has 2 aromatic carbocycles. The fourth-order valence-corrected chi connectivity index (χ4v) is 4.37. The van der Waals surface area contributed by atoms with E-state index in [2.05, 4.69) is 0 Å². The van der Waals surface area contributed by atoms with E-state index in [1.165, 1.54) is 5.01 Å². The van der Waals surface area contributed by atoms with Crippen molar-refractivity contribution in [3.05, 3.63) is 53.6 Å². The summed E-state index contributed by atoms with van der Waals surface area (Å²) in [6, 6.07) is 13.0. The lowest BCUT2D eigenvalue weighted by molar-refractivity contribution is -0.142. The molecule has 0 aromatic heterocycles. The summed E-state index contributed by atoms with van der Waals surface area (Å²) in [5, 5.41) is 6.25. The number of hydrogen-bond acceptors (Lipinski definition) is 7. The molecule has 1 fully saturated rings. The predicted molar refractivity (Wildman–Crippen MR) is 127 cm³/mol. The molecule has 3 aliphatic rings. The van der Waals surface area contributed by atoms with Crippen LogP contribution in [0.2, 0.25) is 0 Å². The van der Waals surface area contributed by atoms with E-state index in [4.69, 9.17) is 24.0 Å². The van der Waals surface area contributed by atoms with Gasteiger partial charge in [0.15, 0.2) is 11.5 Å².